The van der Waals surface area contributed by atoms with Gasteiger partial charge in [-0.25, -0.2) is 19.6 Å². The van der Waals surface area contributed by atoms with Crippen LogP contribution in [0.5, 0.6) is 0 Å². The number of nitrogen functional groups attached to an aromatic ring is 1. The Labute approximate surface area is 144 Å². The van der Waals surface area contributed by atoms with E-state index in [4.69, 9.17) is 17.3 Å². The van der Waals surface area contributed by atoms with Crippen molar-refractivity contribution in [3.63, 3.8) is 0 Å². The Bertz CT molecular complexity index is 1070. The molecule has 0 bridgehead atoms. The van der Waals surface area contributed by atoms with Crippen LogP contribution in [-0.2, 0) is 0 Å². The number of nitrogens with one attached hydrogen (secondary N) is 1. The lowest BCUT2D eigenvalue weighted by molar-refractivity contribution is 0.0569. The van der Waals surface area contributed by atoms with Crippen molar-refractivity contribution in [1.29, 1.82) is 0 Å². The average molecular weight is 362 g/mol. The molecule has 0 aliphatic heterocycles. The second kappa shape index (κ2) is 5.78. The number of halogens is 3. The molecule has 0 fully saturated rings. The van der Waals surface area contributed by atoms with E-state index in [9.17, 15) is 8.78 Å². The molecule has 0 saturated heterocycles. The van der Waals surface area contributed by atoms with Crippen molar-refractivity contribution in [3.8, 4) is 22.5 Å². The standard InChI is InChI=1S/C15H10ClF2N7/c16-10-5-22-13-8(10)3-7(4-21-13)12-9(6-25(24-12)14(17)18)11-1-2-20-15(19)23-11/h1-6,14H,(H,21,22)(H2,19,20,23). The molecule has 0 aromatic carbocycles. The van der Waals surface area contributed by atoms with E-state index in [-0.39, 0.29) is 5.95 Å². The molecule has 0 aliphatic carbocycles. The number of rotatable bonds is 3. The lowest BCUT2D eigenvalue weighted by atomic mass is 10.1. The van der Waals surface area contributed by atoms with Crippen molar-refractivity contribution in [2.45, 2.75) is 6.55 Å². The fourth-order valence-corrected chi connectivity index (χ4v) is 2.72. The summed E-state index contributed by atoms with van der Waals surface area (Å²) in [7, 11) is 0. The summed E-state index contributed by atoms with van der Waals surface area (Å²) in [5, 5.41) is 5.12. The quantitative estimate of drug-likeness (QED) is 0.581. The molecule has 0 radical (unpaired) electrons. The zero-order valence-electron chi connectivity index (χ0n) is 12.5. The summed E-state index contributed by atoms with van der Waals surface area (Å²) in [6.07, 6.45) is 5.80. The molecule has 0 atom stereocenters. The van der Waals surface area contributed by atoms with Crippen LogP contribution in [0, 0.1) is 0 Å². The second-order valence-electron chi connectivity index (χ2n) is 5.21. The van der Waals surface area contributed by atoms with E-state index in [0.29, 0.717) is 43.3 Å². The minimum atomic E-state index is -2.79. The number of nitrogens with zero attached hydrogens (tertiary/aromatic N) is 5. The highest BCUT2D eigenvalue weighted by atomic mass is 35.5. The van der Waals surface area contributed by atoms with E-state index < -0.39 is 6.55 Å². The van der Waals surface area contributed by atoms with Crippen molar-refractivity contribution in [2.75, 3.05) is 5.73 Å². The van der Waals surface area contributed by atoms with Gasteiger partial charge in [-0.2, -0.15) is 13.9 Å². The first-order valence-electron chi connectivity index (χ1n) is 7.12. The van der Waals surface area contributed by atoms with E-state index in [1.165, 1.54) is 18.6 Å². The number of alkyl halides is 2. The molecule has 7 nitrogen and oxygen atoms in total. The van der Waals surface area contributed by atoms with E-state index in [0.717, 1.165) is 0 Å². The van der Waals surface area contributed by atoms with Gasteiger partial charge in [-0.15, -0.1) is 0 Å². The third-order valence-electron chi connectivity index (χ3n) is 3.64. The molecule has 4 aromatic rings. The summed E-state index contributed by atoms with van der Waals surface area (Å²) >= 11 is 6.11. The Morgan fingerprint density at radius 2 is 2.12 bits per heavy atom. The number of hydrogen-bond acceptors (Lipinski definition) is 5. The van der Waals surface area contributed by atoms with Crippen molar-refractivity contribution in [3.05, 3.63) is 41.9 Å². The Morgan fingerprint density at radius 3 is 2.88 bits per heavy atom. The molecular weight excluding hydrogens is 352 g/mol. The lowest BCUT2D eigenvalue weighted by Gasteiger charge is -2.03. The highest BCUT2D eigenvalue weighted by Crippen LogP contribution is 2.33. The van der Waals surface area contributed by atoms with Gasteiger partial charge in [0.25, 0.3) is 0 Å². The summed E-state index contributed by atoms with van der Waals surface area (Å²) in [6.45, 7) is -2.79. The van der Waals surface area contributed by atoms with Crippen LogP contribution in [0.15, 0.2) is 36.9 Å². The van der Waals surface area contributed by atoms with Gasteiger partial charge in [-0.3, -0.25) is 0 Å². The normalized spacial score (nSPS) is 11.5. The summed E-state index contributed by atoms with van der Waals surface area (Å²) in [4.78, 5) is 15.1. The Kier molecular flexibility index (Phi) is 3.57. The molecule has 0 spiro atoms. The maximum Gasteiger partial charge on any atom is 0.333 e. The van der Waals surface area contributed by atoms with Crippen LogP contribution in [0.1, 0.15) is 6.55 Å². The highest BCUT2D eigenvalue weighted by Gasteiger charge is 2.19. The number of aromatic nitrogens is 6. The first-order chi connectivity index (χ1) is 12.0. The zero-order chi connectivity index (χ0) is 17.6. The predicted molar refractivity (Wildman–Crippen MR) is 89.0 cm³/mol. The number of aromatic amines is 1. The van der Waals surface area contributed by atoms with E-state index in [2.05, 4.69) is 25.0 Å². The third-order valence-corrected chi connectivity index (χ3v) is 3.95. The van der Waals surface area contributed by atoms with Crippen molar-refractivity contribution >= 4 is 28.6 Å². The minimum Gasteiger partial charge on any atom is -0.368 e. The molecular formula is C15H10ClF2N7. The van der Waals surface area contributed by atoms with Crippen molar-refractivity contribution in [1.82, 2.24) is 29.7 Å². The van der Waals surface area contributed by atoms with Gasteiger partial charge in [-0.1, -0.05) is 11.6 Å². The maximum atomic E-state index is 13.1. The summed E-state index contributed by atoms with van der Waals surface area (Å²) in [5.74, 6) is 0.0375. The van der Waals surface area contributed by atoms with Gasteiger partial charge in [0, 0.05) is 41.3 Å². The molecule has 0 aliphatic rings. The fourth-order valence-electron chi connectivity index (χ4n) is 2.52. The average Bonchev–Trinajstić information content (AvgIpc) is 3.19. The second-order valence-corrected chi connectivity index (χ2v) is 5.61. The summed E-state index contributed by atoms with van der Waals surface area (Å²) in [5.41, 5.74) is 7.79. The number of H-pyrrole nitrogens is 1. The van der Waals surface area contributed by atoms with Gasteiger partial charge in [-0.05, 0) is 12.1 Å². The molecule has 4 rings (SSSR count). The number of pyridine rings is 1. The molecule has 0 amide bonds. The summed E-state index contributed by atoms with van der Waals surface area (Å²) < 4.78 is 26.8. The van der Waals surface area contributed by atoms with Crippen LogP contribution in [0.4, 0.5) is 14.7 Å². The van der Waals surface area contributed by atoms with Crippen molar-refractivity contribution in [2.24, 2.45) is 0 Å². The Balaban J connectivity index is 1.94. The molecule has 3 N–H and O–H groups in total. The van der Waals surface area contributed by atoms with Crippen molar-refractivity contribution < 1.29 is 8.78 Å². The van der Waals surface area contributed by atoms with Gasteiger partial charge < -0.3 is 10.7 Å². The molecule has 4 aromatic heterocycles. The SMILES string of the molecule is Nc1nccc(-c2cn(C(F)F)nc2-c2cnc3[nH]cc(Cl)c3c2)n1. The monoisotopic (exact) mass is 361 g/mol. The minimum absolute atomic E-state index is 0.0375. The van der Waals surface area contributed by atoms with E-state index in [1.54, 1.807) is 18.3 Å². The number of nitrogens with two attached hydrogens (primary N) is 1. The number of fused-ring (bicyclic) bond motifs is 1. The van der Waals surface area contributed by atoms with Crippen LogP contribution < -0.4 is 5.73 Å². The zero-order valence-corrected chi connectivity index (χ0v) is 13.2. The summed E-state index contributed by atoms with van der Waals surface area (Å²) in [6, 6.07) is 3.30. The maximum absolute atomic E-state index is 13.1. The van der Waals surface area contributed by atoms with E-state index >= 15 is 0 Å². The molecule has 126 valence electrons. The fraction of sp³-hybridized carbons (Fsp3) is 0.0667. The number of hydrogen-bond donors (Lipinski definition) is 2. The predicted octanol–water partition coefficient (Wildman–Crippen LogP) is 3.51. The highest BCUT2D eigenvalue weighted by molar-refractivity contribution is 6.35. The molecule has 0 unspecified atom stereocenters. The van der Waals surface area contributed by atoms with Crippen LogP contribution >= 0.6 is 11.6 Å². The van der Waals surface area contributed by atoms with Crippen LogP contribution in [0.2, 0.25) is 5.02 Å². The first-order valence-corrected chi connectivity index (χ1v) is 7.50. The van der Waals surface area contributed by atoms with Gasteiger partial charge in [0.2, 0.25) is 5.95 Å². The molecule has 25 heavy (non-hydrogen) atoms. The van der Waals surface area contributed by atoms with Gasteiger partial charge in [0.05, 0.1) is 10.7 Å². The van der Waals surface area contributed by atoms with Gasteiger partial charge >= 0.3 is 6.55 Å². The molecule has 4 heterocycles. The molecule has 10 heteroatoms. The molecule has 0 saturated carbocycles. The smallest absolute Gasteiger partial charge is 0.333 e. The lowest BCUT2D eigenvalue weighted by Crippen LogP contribution is -1.98. The van der Waals surface area contributed by atoms with Crippen LogP contribution in [0.25, 0.3) is 33.5 Å². The Morgan fingerprint density at radius 1 is 1.28 bits per heavy atom. The largest absolute Gasteiger partial charge is 0.368 e. The van der Waals surface area contributed by atoms with Crippen LogP contribution in [0.3, 0.4) is 0 Å². The van der Waals surface area contributed by atoms with E-state index in [1.807, 2.05) is 0 Å². The topological polar surface area (TPSA) is 98.3 Å². The van der Waals surface area contributed by atoms with Crippen LogP contribution in [-0.4, -0.2) is 29.7 Å². The third kappa shape index (κ3) is 2.68. The Hall–Kier alpha value is -3.07. The number of anilines is 1. The van der Waals surface area contributed by atoms with Gasteiger partial charge in [0.15, 0.2) is 0 Å². The first kappa shape index (κ1) is 15.5. The van der Waals surface area contributed by atoms with Gasteiger partial charge in [0.1, 0.15) is 11.3 Å².